The summed E-state index contributed by atoms with van der Waals surface area (Å²) in [5.74, 6) is 0.711. The van der Waals surface area contributed by atoms with Crippen molar-refractivity contribution < 1.29 is 0 Å². The Hall–Kier alpha value is -1.20. The van der Waals surface area contributed by atoms with Gasteiger partial charge in [0.05, 0.1) is 5.54 Å². The van der Waals surface area contributed by atoms with Crippen LogP contribution in [0.15, 0.2) is 17.6 Å². The number of hydrogen-bond acceptors (Lipinski definition) is 5. The fraction of sp³-hybridized carbons (Fsp3) is 0.364. The van der Waals surface area contributed by atoms with Crippen LogP contribution in [-0.4, -0.2) is 15.0 Å². The molecule has 0 fully saturated rings. The molecule has 0 aliphatic heterocycles. The largest absolute Gasteiger partial charge is 0.359 e. The van der Waals surface area contributed by atoms with Crippen molar-refractivity contribution in [2.45, 2.75) is 26.3 Å². The summed E-state index contributed by atoms with van der Waals surface area (Å²) < 4.78 is 0. The molecule has 0 radical (unpaired) electrons. The monoisotopic (exact) mass is 268 g/mol. The molecule has 0 aliphatic carbocycles. The molecule has 1 N–H and O–H groups in total. The molecule has 0 spiro atoms. The Labute approximate surface area is 109 Å². The van der Waals surface area contributed by atoms with Gasteiger partial charge in [-0.05, 0) is 32.4 Å². The van der Waals surface area contributed by atoms with Gasteiger partial charge in [0.15, 0.2) is 0 Å². The molecule has 0 unspecified atom stereocenters. The quantitative estimate of drug-likeness (QED) is 0.869. The molecule has 0 amide bonds. The zero-order valence-electron chi connectivity index (χ0n) is 9.86. The number of anilines is 1. The third-order valence-corrected chi connectivity index (χ3v) is 3.50. The van der Waals surface area contributed by atoms with E-state index in [0.717, 1.165) is 10.7 Å². The third-order valence-electron chi connectivity index (χ3n) is 2.23. The molecule has 6 heteroatoms. The lowest BCUT2D eigenvalue weighted by Crippen LogP contribution is -2.28. The summed E-state index contributed by atoms with van der Waals surface area (Å²) >= 11 is 7.44. The van der Waals surface area contributed by atoms with E-state index in [1.165, 1.54) is 0 Å². The van der Waals surface area contributed by atoms with Crippen LogP contribution in [0.4, 0.5) is 5.82 Å². The van der Waals surface area contributed by atoms with Crippen molar-refractivity contribution in [1.29, 1.82) is 0 Å². The maximum absolute atomic E-state index is 5.83. The Morgan fingerprint density at radius 2 is 2.12 bits per heavy atom. The van der Waals surface area contributed by atoms with Crippen molar-refractivity contribution in [3.63, 3.8) is 0 Å². The van der Waals surface area contributed by atoms with Gasteiger partial charge in [-0.15, -0.1) is 11.3 Å². The predicted octanol–water partition coefficient (Wildman–Crippen LogP) is 3.24. The van der Waals surface area contributed by atoms with Crippen LogP contribution in [0, 0.1) is 6.92 Å². The average Bonchev–Trinajstić information content (AvgIpc) is 2.67. The molecular formula is C11H13ClN4S. The summed E-state index contributed by atoms with van der Waals surface area (Å²) in [5.41, 5.74) is 0.556. The summed E-state index contributed by atoms with van der Waals surface area (Å²) in [4.78, 5) is 12.5. The van der Waals surface area contributed by atoms with E-state index in [4.69, 9.17) is 11.6 Å². The van der Waals surface area contributed by atoms with Gasteiger partial charge in [0.1, 0.15) is 10.8 Å². The van der Waals surface area contributed by atoms with Gasteiger partial charge in [-0.1, -0.05) is 0 Å². The zero-order chi connectivity index (χ0) is 12.5. The molecule has 0 aliphatic rings. The average molecular weight is 269 g/mol. The van der Waals surface area contributed by atoms with E-state index in [-0.39, 0.29) is 10.8 Å². The number of nitrogens with zero attached hydrogens (tertiary/aromatic N) is 3. The standard InChI is InChI=1S/C11H13ClN4S/c1-7-6-8(15-10(12)14-7)16-11(2,3)9-13-4-5-17-9/h4-6H,1-3H3,(H,14,15,16). The highest BCUT2D eigenvalue weighted by atomic mass is 35.5. The van der Waals surface area contributed by atoms with Crippen molar-refractivity contribution in [2.75, 3.05) is 5.32 Å². The lowest BCUT2D eigenvalue weighted by Gasteiger charge is -2.24. The Kier molecular flexibility index (Phi) is 3.31. The molecule has 2 heterocycles. The highest BCUT2D eigenvalue weighted by Crippen LogP contribution is 2.26. The van der Waals surface area contributed by atoms with Crippen molar-refractivity contribution in [3.8, 4) is 0 Å². The van der Waals surface area contributed by atoms with Gasteiger partial charge in [-0.2, -0.15) is 0 Å². The van der Waals surface area contributed by atoms with E-state index in [0.29, 0.717) is 5.82 Å². The summed E-state index contributed by atoms with van der Waals surface area (Å²) in [7, 11) is 0. The molecule has 2 aromatic heterocycles. The van der Waals surface area contributed by atoms with Gasteiger partial charge < -0.3 is 5.32 Å². The van der Waals surface area contributed by atoms with Crippen LogP contribution in [0.2, 0.25) is 5.28 Å². The summed E-state index contributed by atoms with van der Waals surface area (Å²) in [6.07, 6.45) is 1.79. The number of thiazole rings is 1. The molecule has 2 rings (SSSR count). The zero-order valence-corrected chi connectivity index (χ0v) is 11.4. The van der Waals surface area contributed by atoms with Crippen LogP contribution in [0.5, 0.6) is 0 Å². The maximum Gasteiger partial charge on any atom is 0.224 e. The van der Waals surface area contributed by atoms with E-state index in [1.807, 2.05) is 18.4 Å². The number of rotatable bonds is 3. The van der Waals surface area contributed by atoms with Gasteiger partial charge in [-0.25, -0.2) is 15.0 Å². The van der Waals surface area contributed by atoms with Gasteiger partial charge in [0, 0.05) is 23.3 Å². The Bertz CT molecular complexity index is 490. The lowest BCUT2D eigenvalue weighted by atomic mass is 10.1. The Morgan fingerprint density at radius 3 is 2.71 bits per heavy atom. The number of hydrogen-bond donors (Lipinski definition) is 1. The second-order valence-corrected chi connectivity index (χ2v) is 5.48. The summed E-state index contributed by atoms with van der Waals surface area (Å²) in [6.45, 7) is 5.99. The van der Waals surface area contributed by atoms with E-state index >= 15 is 0 Å². The molecule has 90 valence electrons. The normalized spacial score (nSPS) is 11.5. The van der Waals surface area contributed by atoms with Gasteiger partial charge in [0.25, 0.3) is 0 Å². The summed E-state index contributed by atoms with van der Waals surface area (Å²) in [6, 6.07) is 1.86. The first-order chi connectivity index (χ1) is 7.97. The highest BCUT2D eigenvalue weighted by Gasteiger charge is 2.23. The molecule has 4 nitrogen and oxygen atoms in total. The Morgan fingerprint density at radius 1 is 1.35 bits per heavy atom. The summed E-state index contributed by atoms with van der Waals surface area (Å²) in [5, 5.41) is 6.53. The van der Waals surface area contributed by atoms with Crippen LogP contribution < -0.4 is 5.32 Å². The molecule has 0 saturated heterocycles. The molecule has 0 saturated carbocycles. The molecule has 0 aromatic carbocycles. The van der Waals surface area contributed by atoms with Crippen molar-refractivity contribution in [1.82, 2.24) is 15.0 Å². The first-order valence-corrected chi connectivity index (χ1v) is 6.42. The predicted molar refractivity (Wildman–Crippen MR) is 70.5 cm³/mol. The Balaban J connectivity index is 2.26. The fourth-order valence-electron chi connectivity index (χ4n) is 1.50. The SMILES string of the molecule is Cc1cc(NC(C)(C)c2nccs2)nc(Cl)n1. The van der Waals surface area contributed by atoms with E-state index in [2.05, 4.69) is 34.1 Å². The molecule has 0 atom stereocenters. The topological polar surface area (TPSA) is 50.7 Å². The molecular weight excluding hydrogens is 256 g/mol. The minimum Gasteiger partial charge on any atom is -0.359 e. The van der Waals surface area contributed by atoms with Crippen LogP contribution >= 0.6 is 22.9 Å². The number of aromatic nitrogens is 3. The number of nitrogens with one attached hydrogen (secondary N) is 1. The third kappa shape index (κ3) is 2.92. The second-order valence-electron chi connectivity index (χ2n) is 4.25. The second kappa shape index (κ2) is 4.58. The first-order valence-electron chi connectivity index (χ1n) is 5.17. The first kappa shape index (κ1) is 12.3. The molecule has 0 bridgehead atoms. The van der Waals surface area contributed by atoms with Crippen molar-refractivity contribution in [2.24, 2.45) is 0 Å². The van der Waals surface area contributed by atoms with Crippen LogP contribution in [0.1, 0.15) is 24.5 Å². The van der Waals surface area contributed by atoms with E-state index < -0.39 is 0 Å². The van der Waals surface area contributed by atoms with Crippen molar-refractivity contribution >= 4 is 28.8 Å². The number of halogens is 1. The van der Waals surface area contributed by atoms with Gasteiger partial charge in [0.2, 0.25) is 5.28 Å². The van der Waals surface area contributed by atoms with E-state index in [9.17, 15) is 0 Å². The maximum atomic E-state index is 5.83. The highest BCUT2D eigenvalue weighted by molar-refractivity contribution is 7.09. The molecule has 17 heavy (non-hydrogen) atoms. The van der Waals surface area contributed by atoms with Gasteiger partial charge in [-0.3, -0.25) is 0 Å². The minimum absolute atomic E-state index is 0.252. The van der Waals surface area contributed by atoms with Crippen LogP contribution in [0.3, 0.4) is 0 Å². The smallest absolute Gasteiger partial charge is 0.224 e. The molecule has 2 aromatic rings. The minimum atomic E-state index is -0.279. The van der Waals surface area contributed by atoms with Crippen LogP contribution in [-0.2, 0) is 5.54 Å². The number of aryl methyl sites for hydroxylation is 1. The fourth-order valence-corrected chi connectivity index (χ4v) is 2.44. The van der Waals surface area contributed by atoms with Gasteiger partial charge >= 0.3 is 0 Å². The van der Waals surface area contributed by atoms with E-state index in [1.54, 1.807) is 17.5 Å². The van der Waals surface area contributed by atoms with Crippen molar-refractivity contribution in [3.05, 3.63) is 33.6 Å². The van der Waals surface area contributed by atoms with Crippen LogP contribution in [0.25, 0.3) is 0 Å². The lowest BCUT2D eigenvalue weighted by molar-refractivity contribution is 0.600.